The van der Waals surface area contributed by atoms with Crippen molar-refractivity contribution in [2.45, 2.75) is 6.54 Å². The summed E-state index contributed by atoms with van der Waals surface area (Å²) in [4.78, 5) is 2.47. The molecule has 1 fully saturated rings. The molecule has 0 atom stereocenters. The van der Waals surface area contributed by atoms with Crippen LogP contribution in [-0.2, 0) is 6.54 Å². The lowest BCUT2D eigenvalue weighted by Gasteiger charge is -2.27. The van der Waals surface area contributed by atoms with Crippen molar-refractivity contribution in [3.05, 3.63) is 48.3 Å². The van der Waals surface area contributed by atoms with Gasteiger partial charge in [-0.1, -0.05) is 18.2 Å². The Labute approximate surface area is 107 Å². The third-order valence-electron chi connectivity index (χ3n) is 3.32. The maximum Gasteiger partial charge on any atom is 0.0649 e. The molecule has 0 saturated carbocycles. The predicted molar refractivity (Wildman–Crippen MR) is 71.7 cm³/mol. The van der Waals surface area contributed by atoms with Crippen LogP contribution in [0.4, 0.5) is 0 Å². The molecule has 3 rings (SSSR count). The number of nitrogens with one attached hydrogen (secondary N) is 1. The van der Waals surface area contributed by atoms with Crippen molar-refractivity contribution in [3.63, 3.8) is 0 Å². The molecule has 0 aliphatic carbocycles. The Morgan fingerprint density at radius 2 is 1.83 bits per heavy atom. The molecule has 2 heterocycles. The molecule has 4 heteroatoms. The minimum absolute atomic E-state index is 0.969. The average molecular weight is 242 g/mol. The Morgan fingerprint density at radius 1 is 1.06 bits per heavy atom. The number of hydrogen-bond acceptors (Lipinski definition) is 3. The fraction of sp³-hybridized carbons (Fsp3) is 0.357. The van der Waals surface area contributed by atoms with Crippen LogP contribution in [0.15, 0.2) is 42.6 Å². The molecular formula is C14H18N4. The Balaban J connectivity index is 1.79. The van der Waals surface area contributed by atoms with Gasteiger partial charge in [0.2, 0.25) is 0 Å². The lowest BCUT2D eigenvalue weighted by Crippen LogP contribution is -2.43. The van der Waals surface area contributed by atoms with Crippen molar-refractivity contribution >= 4 is 0 Å². The minimum Gasteiger partial charge on any atom is -0.314 e. The molecule has 2 aromatic rings. The normalized spacial score (nSPS) is 16.9. The van der Waals surface area contributed by atoms with Crippen molar-refractivity contribution in [3.8, 4) is 5.69 Å². The van der Waals surface area contributed by atoms with Gasteiger partial charge in [-0.05, 0) is 18.2 Å². The van der Waals surface area contributed by atoms with Crippen molar-refractivity contribution in [1.29, 1.82) is 0 Å². The van der Waals surface area contributed by atoms with E-state index < -0.39 is 0 Å². The van der Waals surface area contributed by atoms with Gasteiger partial charge in [0.05, 0.1) is 11.4 Å². The van der Waals surface area contributed by atoms with E-state index in [9.17, 15) is 0 Å². The minimum atomic E-state index is 0.969. The van der Waals surface area contributed by atoms with Crippen LogP contribution in [-0.4, -0.2) is 40.9 Å². The second kappa shape index (κ2) is 5.33. The van der Waals surface area contributed by atoms with E-state index in [2.05, 4.69) is 33.5 Å². The van der Waals surface area contributed by atoms with Crippen LogP contribution in [0.5, 0.6) is 0 Å². The molecule has 0 spiro atoms. The fourth-order valence-electron chi connectivity index (χ4n) is 2.35. The molecule has 1 aliphatic rings. The maximum absolute atomic E-state index is 4.43. The summed E-state index contributed by atoms with van der Waals surface area (Å²) in [5.41, 5.74) is 2.38. The monoisotopic (exact) mass is 242 g/mol. The predicted octanol–water partition coefficient (Wildman–Crippen LogP) is 1.28. The van der Waals surface area contributed by atoms with Gasteiger partial charge < -0.3 is 5.32 Å². The third-order valence-corrected chi connectivity index (χ3v) is 3.32. The number of piperazine rings is 1. The van der Waals surface area contributed by atoms with E-state index >= 15 is 0 Å². The van der Waals surface area contributed by atoms with Gasteiger partial charge in [0.25, 0.3) is 0 Å². The summed E-state index contributed by atoms with van der Waals surface area (Å²) >= 11 is 0. The second-order valence-electron chi connectivity index (χ2n) is 4.60. The number of nitrogens with zero attached hydrogens (tertiary/aromatic N) is 3. The van der Waals surface area contributed by atoms with Gasteiger partial charge in [-0.15, -0.1) is 0 Å². The molecule has 0 bridgehead atoms. The van der Waals surface area contributed by atoms with Gasteiger partial charge >= 0.3 is 0 Å². The lowest BCUT2D eigenvalue weighted by atomic mass is 10.3. The van der Waals surface area contributed by atoms with Crippen LogP contribution in [0.2, 0.25) is 0 Å². The number of para-hydroxylation sites is 1. The van der Waals surface area contributed by atoms with Crippen LogP contribution >= 0.6 is 0 Å². The van der Waals surface area contributed by atoms with Gasteiger partial charge in [-0.3, -0.25) is 4.90 Å². The molecule has 18 heavy (non-hydrogen) atoms. The summed E-state index contributed by atoms with van der Waals surface area (Å²) in [6.07, 6.45) is 1.88. The van der Waals surface area contributed by atoms with Crippen LogP contribution in [0.25, 0.3) is 5.69 Å². The quantitative estimate of drug-likeness (QED) is 0.880. The molecule has 0 amide bonds. The topological polar surface area (TPSA) is 33.1 Å². The van der Waals surface area contributed by atoms with E-state index in [1.54, 1.807) is 0 Å². The number of benzene rings is 1. The zero-order valence-electron chi connectivity index (χ0n) is 10.4. The van der Waals surface area contributed by atoms with Gasteiger partial charge in [-0.2, -0.15) is 5.10 Å². The molecule has 0 radical (unpaired) electrons. The van der Waals surface area contributed by atoms with E-state index in [1.807, 2.05) is 29.1 Å². The number of aromatic nitrogens is 2. The summed E-state index contributed by atoms with van der Waals surface area (Å²) in [6, 6.07) is 12.4. The van der Waals surface area contributed by atoms with Crippen LogP contribution < -0.4 is 5.32 Å². The van der Waals surface area contributed by atoms with Crippen LogP contribution in [0, 0.1) is 0 Å². The Morgan fingerprint density at radius 3 is 2.61 bits per heavy atom. The largest absolute Gasteiger partial charge is 0.314 e. The van der Waals surface area contributed by atoms with E-state index in [0.717, 1.165) is 38.4 Å². The first-order chi connectivity index (χ1) is 8.93. The molecule has 4 nitrogen and oxygen atoms in total. The lowest BCUT2D eigenvalue weighted by molar-refractivity contribution is 0.229. The maximum atomic E-state index is 4.43. The standard InChI is InChI=1S/C14H18N4/c1-2-4-13(5-3-1)18-14(6-7-16-18)12-17-10-8-15-9-11-17/h1-7,15H,8-12H2. The highest BCUT2D eigenvalue weighted by atomic mass is 15.3. The summed E-state index contributed by atoms with van der Waals surface area (Å²) in [6.45, 7) is 5.36. The zero-order chi connectivity index (χ0) is 12.2. The van der Waals surface area contributed by atoms with Gasteiger partial charge in [0.15, 0.2) is 0 Å². The SMILES string of the molecule is c1ccc(-n2nccc2CN2CCNCC2)cc1. The molecule has 1 N–H and O–H groups in total. The van der Waals surface area contributed by atoms with Crippen molar-refractivity contribution < 1.29 is 0 Å². The summed E-state index contributed by atoms with van der Waals surface area (Å²) in [5, 5.41) is 7.80. The smallest absolute Gasteiger partial charge is 0.0649 e. The molecule has 0 unspecified atom stereocenters. The first kappa shape index (κ1) is 11.4. The molecule has 1 aromatic carbocycles. The first-order valence-electron chi connectivity index (χ1n) is 6.45. The number of hydrogen-bond donors (Lipinski definition) is 1. The first-order valence-corrected chi connectivity index (χ1v) is 6.45. The van der Waals surface area contributed by atoms with Crippen molar-refractivity contribution in [2.75, 3.05) is 26.2 Å². The summed E-state index contributed by atoms with van der Waals surface area (Å²) in [7, 11) is 0. The Bertz CT molecular complexity index is 486. The van der Waals surface area contributed by atoms with Gasteiger partial charge in [-0.25, -0.2) is 4.68 Å². The van der Waals surface area contributed by atoms with Crippen LogP contribution in [0.1, 0.15) is 5.69 Å². The number of rotatable bonds is 3. The van der Waals surface area contributed by atoms with Gasteiger partial charge in [0, 0.05) is 38.9 Å². The molecule has 1 saturated heterocycles. The van der Waals surface area contributed by atoms with E-state index in [1.165, 1.54) is 5.69 Å². The van der Waals surface area contributed by atoms with E-state index in [-0.39, 0.29) is 0 Å². The second-order valence-corrected chi connectivity index (χ2v) is 4.60. The van der Waals surface area contributed by atoms with Crippen molar-refractivity contribution in [2.24, 2.45) is 0 Å². The molecular weight excluding hydrogens is 224 g/mol. The fourth-order valence-corrected chi connectivity index (χ4v) is 2.35. The Hall–Kier alpha value is -1.65. The van der Waals surface area contributed by atoms with E-state index in [0.29, 0.717) is 0 Å². The van der Waals surface area contributed by atoms with Crippen molar-refractivity contribution in [1.82, 2.24) is 20.0 Å². The highest BCUT2D eigenvalue weighted by Crippen LogP contribution is 2.12. The summed E-state index contributed by atoms with van der Waals surface area (Å²) in [5.74, 6) is 0. The average Bonchev–Trinajstić information content (AvgIpc) is 2.89. The molecule has 94 valence electrons. The van der Waals surface area contributed by atoms with E-state index in [4.69, 9.17) is 0 Å². The Kier molecular flexibility index (Phi) is 3.39. The zero-order valence-corrected chi connectivity index (χ0v) is 10.4. The van der Waals surface area contributed by atoms with Gasteiger partial charge in [0.1, 0.15) is 0 Å². The van der Waals surface area contributed by atoms with Crippen LogP contribution in [0.3, 0.4) is 0 Å². The molecule has 1 aliphatic heterocycles. The highest BCUT2D eigenvalue weighted by Gasteiger charge is 2.12. The molecule has 1 aromatic heterocycles. The highest BCUT2D eigenvalue weighted by molar-refractivity contribution is 5.32. The summed E-state index contributed by atoms with van der Waals surface area (Å²) < 4.78 is 2.03. The third kappa shape index (κ3) is 2.44.